The molecule has 0 aliphatic carbocycles. The maximum atomic E-state index is 11.8. The van der Waals surface area contributed by atoms with Gasteiger partial charge >= 0.3 is 5.97 Å². The van der Waals surface area contributed by atoms with Gasteiger partial charge in [0, 0.05) is 24.4 Å². The van der Waals surface area contributed by atoms with Gasteiger partial charge in [0.2, 0.25) is 11.6 Å². The summed E-state index contributed by atoms with van der Waals surface area (Å²) in [7, 11) is 0. The minimum Gasteiger partial charge on any atom is -0.478 e. The zero-order valence-electron chi connectivity index (χ0n) is 17.9. The summed E-state index contributed by atoms with van der Waals surface area (Å²) in [5.41, 5.74) is 3.16. The summed E-state index contributed by atoms with van der Waals surface area (Å²) >= 11 is 1.21. The number of hydrogen-bond donors (Lipinski definition) is 3. The third kappa shape index (κ3) is 4.77. The molecular formula is C20H21N9O3S. The van der Waals surface area contributed by atoms with Crippen LogP contribution in [0, 0.1) is 0 Å². The summed E-state index contributed by atoms with van der Waals surface area (Å²) in [6.07, 6.45) is 1.24. The van der Waals surface area contributed by atoms with Crippen LogP contribution < -0.4 is 5.32 Å². The highest BCUT2D eigenvalue weighted by atomic mass is 32.1. The van der Waals surface area contributed by atoms with Crippen LogP contribution in [0.25, 0.3) is 16.9 Å². The zero-order chi connectivity index (χ0) is 23.4. The smallest absolute Gasteiger partial charge is 0.336 e. The molecule has 1 atom stereocenters. The average molecular weight is 468 g/mol. The SMILES string of the molecule is CCCC(=O)NCC(C)c1nc2c(N=Nc3nncs3)c(-c3ccccc3C(=O)O)[nH]n2n1. The first-order valence-corrected chi connectivity index (χ1v) is 11.1. The number of carbonyl (C=O) groups excluding carboxylic acids is 1. The number of carbonyl (C=O) groups is 2. The monoisotopic (exact) mass is 467 g/mol. The normalized spacial score (nSPS) is 12.4. The molecule has 0 saturated heterocycles. The number of nitrogens with one attached hydrogen (secondary N) is 2. The Balaban J connectivity index is 1.74. The number of benzene rings is 1. The van der Waals surface area contributed by atoms with Crippen LogP contribution >= 0.6 is 11.3 Å². The van der Waals surface area contributed by atoms with Crippen LogP contribution in [0.3, 0.4) is 0 Å². The molecule has 4 aromatic rings. The Morgan fingerprint density at radius 2 is 2.12 bits per heavy atom. The van der Waals surface area contributed by atoms with Crippen molar-refractivity contribution in [2.24, 2.45) is 10.2 Å². The van der Waals surface area contributed by atoms with Crippen molar-refractivity contribution in [2.75, 3.05) is 6.54 Å². The zero-order valence-corrected chi connectivity index (χ0v) is 18.7. The highest BCUT2D eigenvalue weighted by Gasteiger charge is 2.23. The van der Waals surface area contributed by atoms with E-state index in [0.29, 0.717) is 46.5 Å². The van der Waals surface area contributed by atoms with E-state index >= 15 is 0 Å². The van der Waals surface area contributed by atoms with E-state index in [1.165, 1.54) is 27.5 Å². The first-order chi connectivity index (χ1) is 16.0. The average Bonchev–Trinajstić information content (AvgIpc) is 3.53. The second-order valence-electron chi connectivity index (χ2n) is 7.27. The number of azo groups is 1. The maximum Gasteiger partial charge on any atom is 0.336 e. The number of nitrogens with zero attached hydrogens (tertiary/aromatic N) is 7. The molecule has 13 heteroatoms. The van der Waals surface area contributed by atoms with Crippen LogP contribution in [0.15, 0.2) is 40.0 Å². The summed E-state index contributed by atoms with van der Waals surface area (Å²) in [4.78, 5) is 28.1. The maximum absolute atomic E-state index is 11.8. The molecule has 3 aromatic heterocycles. The van der Waals surface area contributed by atoms with Crippen molar-refractivity contribution < 1.29 is 14.7 Å². The van der Waals surface area contributed by atoms with Crippen molar-refractivity contribution in [1.29, 1.82) is 0 Å². The number of aromatic nitrogens is 6. The summed E-state index contributed by atoms with van der Waals surface area (Å²) in [6.45, 7) is 4.24. The molecule has 0 aliphatic heterocycles. The van der Waals surface area contributed by atoms with E-state index in [2.05, 4.69) is 40.9 Å². The highest BCUT2D eigenvalue weighted by Crippen LogP contribution is 2.36. The van der Waals surface area contributed by atoms with Crippen LogP contribution in [-0.4, -0.2) is 53.5 Å². The molecule has 1 amide bonds. The molecule has 170 valence electrons. The molecule has 0 fully saturated rings. The molecular weight excluding hydrogens is 446 g/mol. The van der Waals surface area contributed by atoms with Crippen LogP contribution in [0.2, 0.25) is 0 Å². The minimum absolute atomic E-state index is 0.0202. The van der Waals surface area contributed by atoms with E-state index < -0.39 is 5.97 Å². The van der Waals surface area contributed by atoms with E-state index in [9.17, 15) is 14.7 Å². The van der Waals surface area contributed by atoms with E-state index in [0.717, 1.165) is 6.42 Å². The predicted molar refractivity (Wildman–Crippen MR) is 120 cm³/mol. The van der Waals surface area contributed by atoms with Crippen LogP contribution in [-0.2, 0) is 4.79 Å². The van der Waals surface area contributed by atoms with E-state index in [1.807, 2.05) is 13.8 Å². The van der Waals surface area contributed by atoms with Crippen LogP contribution in [0.4, 0.5) is 10.8 Å². The van der Waals surface area contributed by atoms with E-state index in [4.69, 9.17) is 0 Å². The minimum atomic E-state index is -1.07. The summed E-state index contributed by atoms with van der Waals surface area (Å²) in [5.74, 6) is -0.742. The van der Waals surface area contributed by atoms with Gasteiger partial charge in [-0.05, 0) is 12.5 Å². The Hall–Kier alpha value is -4.00. The largest absolute Gasteiger partial charge is 0.478 e. The number of fused-ring (bicyclic) bond motifs is 1. The fourth-order valence-corrected chi connectivity index (χ4v) is 3.56. The summed E-state index contributed by atoms with van der Waals surface area (Å²) in [5, 5.41) is 36.4. The number of aromatic carboxylic acids is 1. The van der Waals surface area contributed by atoms with Crippen LogP contribution in [0.1, 0.15) is 48.8 Å². The number of H-pyrrole nitrogens is 1. The topological polar surface area (TPSA) is 163 Å². The van der Waals surface area contributed by atoms with Gasteiger partial charge in [-0.2, -0.15) is 4.63 Å². The van der Waals surface area contributed by atoms with Crippen molar-refractivity contribution in [1.82, 2.24) is 35.3 Å². The highest BCUT2D eigenvalue weighted by molar-refractivity contribution is 7.13. The van der Waals surface area contributed by atoms with Crippen molar-refractivity contribution in [3.8, 4) is 11.3 Å². The molecule has 1 unspecified atom stereocenters. The predicted octanol–water partition coefficient (Wildman–Crippen LogP) is 3.71. The van der Waals surface area contributed by atoms with Gasteiger partial charge in [-0.15, -0.1) is 25.5 Å². The number of amides is 1. The number of hydrogen-bond acceptors (Lipinski definition) is 9. The van der Waals surface area contributed by atoms with Crippen molar-refractivity contribution in [3.63, 3.8) is 0 Å². The summed E-state index contributed by atoms with van der Waals surface area (Å²) < 4.78 is 1.43. The Morgan fingerprint density at radius 3 is 2.85 bits per heavy atom. The van der Waals surface area contributed by atoms with E-state index in [1.54, 1.807) is 18.2 Å². The van der Waals surface area contributed by atoms with E-state index in [-0.39, 0.29) is 17.4 Å². The van der Waals surface area contributed by atoms with Gasteiger partial charge in [-0.25, -0.2) is 9.78 Å². The lowest BCUT2D eigenvalue weighted by Crippen LogP contribution is -2.27. The first-order valence-electron chi connectivity index (χ1n) is 10.2. The van der Waals surface area contributed by atoms with Crippen molar-refractivity contribution in [2.45, 2.75) is 32.6 Å². The third-order valence-electron chi connectivity index (χ3n) is 4.82. The lowest BCUT2D eigenvalue weighted by atomic mass is 10.0. The Morgan fingerprint density at radius 1 is 1.30 bits per heavy atom. The van der Waals surface area contributed by atoms with Gasteiger partial charge in [0.15, 0.2) is 11.5 Å². The summed E-state index contributed by atoms with van der Waals surface area (Å²) in [6, 6.07) is 6.56. The molecule has 4 rings (SSSR count). The quantitative estimate of drug-likeness (QED) is 0.316. The molecule has 3 heterocycles. The molecule has 0 bridgehead atoms. The van der Waals surface area contributed by atoms with Crippen LogP contribution in [0.5, 0.6) is 0 Å². The molecule has 33 heavy (non-hydrogen) atoms. The lowest BCUT2D eigenvalue weighted by molar-refractivity contribution is -0.121. The van der Waals surface area contributed by atoms with Gasteiger partial charge in [0.25, 0.3) is 5.13 Å². The van der Waals surface area contributed by atoms with Crippen molar-refractivity contribution in [3.05, 3.63) is 41.2 Å². The van der Waals surface area contributed by atoms with Gasteiger partial charge in [-0.1, -0.05) is 43.4 Å². The number of carboxylic acids is 1. The molecule has 1 aromatic carbocycles. The van der Waals surface area contributed by atoms with Gasteiger partial charge in [0.1, 0.15) is 5.51 Å². The standard InChI is InChI=1S/C20H21N9O3S/c1-3-6-14(30)21-9-11(2)17-23-18-16(24-26-20-25-22-10-33-20)15(27-29(18)28-17)12-7-4-5-8-13(12)19(31)32/h4-5,7-8,10-11,27H,3,6,9H2,1-2H3,(H,21,30)(H,31,32). The molecule has 3 N–H and O–H groups in total. The Labute approximate surface area is 191 Å². The number of rotatable bonds is 9. The molecule has 12 nitrogen and oxygen atoms in total. The fraction of sp³-hybridized carbons (Fsp3) is 0.300. The number of aromatic amines is 1. The second-order valence-corrected chi connectivity index (χ2v) is 8.08. The van der Waals surface area contributed by atoms with Gasteiger partial charge < -0.3 is 10.4 Å². The third-order valence-corrected chi connectivity index (χ3v) is 5.40. The molecule has 0 aliphatic rings. The fourth-order valence-electron chi connectivity index (χ4n) is 3.19. The second kappa shape index (κ2) is 9.65. The Bertz CT molecular complexity index is 1310. The van der Waals surface area contributed by atoms with Crippen molar-refractivity contribution >= 4 is 39.7 Å². The molecule has 0 spiro atoms. The first kappa shape index (κ1) is 22.2. The molecule has 0 saturated carbocycles. The Kier molecular flexibility index (Phi) is 6.49. The lowest BCUT2D eigenvalue weighted by Gasteiger charge is -2.09. The molecule has 0 radical (unpaired) electrons. The van der Waals surface area contributed by atoms with Gasteiger partial charge in [0.05, 0.1) is 11.3 Å². The van der Waals surface area contributed by atoms with Gasteiger partial charge in [-0.3, -0.25) is 9.89 Å². The number of carboxylic acid groups (broad SMARTS) is 1.